The van der Waals surface area contributed by atoms with Crippen LogP contribution in [-0.2, 0) is 0 Å². The van der Waals surface area contributed by atoms with Gasteiger partial charge in [-0.15, -0.1) is 11.3 Å². The van der Waals surface area contributed by atoms with Crippen molar-refractivity contribution in [2.24, 2.45) is 0 Å². The van der Waals surface area contributed by atoms with Crippen molar-refractivity contribution in [3.05, 3.63) is 27.7 Å². The second-order valence-corrected chi connectivity index (χ2v) is 3.94. The molecule has 1 aromatic heterocycles. The third kappa shape index (κ3) is 3.34. The van der Waals surface area contributed by atoms with E-state index in [1.165, 1.54) is 5.38 Å². The number of hydrogen-bond donors (Lipinski definition) is 2. The van der Waals surface area contributed by atoms with Crippen LogP contribution in [0.3, 0.4) is 0 Å². The summed E-state index contributed by atoms with van der Waals surface area (Å²) in [6.45, 7) is 3.52. The molecular weight excluding hydrogens is 240 g/mol. The van der Waals surface area contributed by atoms with Gasteiger partial charge >= 0.3 is 5.97 Å². The maximum Gasteiger partial charge on any atom is 0.365 e. The molecular formula is C8H7ClN2O3S. The van der Waals surface area contributed by atoms with E-state index in [4.69, 9.17) is 16.7 Å². The number of amides is 1. The largest absolute Gasteiger partial charge is 0.476 e. The molecule has 0 atom stereocenters. The number of thiazole rings is 1. The van der Waals surface area contributed by atoms with Crippen molar-refractivity contribution in [1.82, 2.24) is 10.3 Å². The highest BCUT2D eigenvalue weighted by molar-refractivity contribution is 7.11. The lowest BCUT2D eigenvalue weighted by Crippen LogP contribution is -2.24. The van der Waals surface area contributed by atoms with Gasteiger partial charge in [0.25, 0.3) is 5.91 Å². The Balaban J connectivity index is 2.66. The maximum absolute atomic E-state index is 11.3. The number of carboxylic acid groups (broad SMARTS) is 1. The van der Waals surface area contributed by atoms with Crippen LogP contribution in [0.1, 0.15) is 20.3 Å². The van der Waals surface area contributed by atoms with Crippen LogP contribution in [0.5, 0.6) is 0 Å². The van der Waals surface area contributed by atoms with E-state index in [1.807, 2.05) is 0 Å². The van der Waals surface area contributed by atoms with Crippen molar-refractivity contribution in [3.8, 4) is 0 Å². The van der Waals surface area contributed by atoms with Crippen molar-refractivity contribution >= 4 is 34.8 Å². The fraction of sp³-hybridized carbons (Fsp3) is 0.125. The van der Waals surface area contributed by atoms with E-state index in [0.29, 0.717) is 0 Å². The highest BCUT2D eigenvalue weighted by atomic mass is 35.5. The normalized spacial score (nSPS) is 9.67. The number of aromatic nitrogens is 1. The van der Waals surface area contributed by atoms with Gasteiger partial charge in [0.05, 0.1) is 6.54 Å². The molecule has 0 bridgehead atoms. The van der Waals surface area contributed by atoms with E-state index < -0.39 is 11.9 Å². The molecule has 0 radical (unpaired) electrons. The zero-order valence-corrected chi connectivity index (χ0v) is 9.06. The predicted molar refractivity (Wildman–Crippen MR) is 56.4 cm³/mol. The minimum atomic E-state index is -1.15. The standard InChI is InChI=1S/C8H7ClN2O3S/c1-4(9)2-10-6(12)5-3-15-7(11-5)8(13)14/h3H,1-2H2,(H,10,12)(H,13,14). The third-order valence-electron chi connectivity index (χ3n) is 1.36. The summed E-state index contributed by atoms with van der Waals surface area (Å²) in [7, 11) is 0. The van der Waals surface area contributed by atoms with Crippen LogP contribution in [-0.4, -0.2) is 28.5 Å². The summed E-state index contributed by atoms with van der Waals surface area (Å²) in [4.78, 5) is 25.4. The summed E-state index contributed by atoms with van der Waals surface area (Å²) in [5, 5.41) is 12.5. The number of nitrogens with zero attached hydrogens (tertiary/aromatic N) is 1. The van der Waals surface area contributed by atoms with E-state index in [9.17, 15) is 9.59 Å². The molecule has 80 valence electrons. The lowest BCUT2D eigenvalue weighted by Gasteiger charge is -1.99. The quantitative estimate of drug-likeness (QED) is 0.840. The van der Waals surface area contributed by atoms with E-state index in [2.05, 4.69) is 16.9 Å². The zero-order valence-electron chi connectivity index (χ0n) is 7.49. The molecule has 0 aliphatic heterocycles. The molecule has 15 heavy (non-hydrogen) atoms. The van der Waals surface area contributed by atoms with Gasteiger partial charge in [-0.3, -0.25) is 4.79 Å². The molecule has 0 unspecified atom stereocenters. The van der Waals surface area contributed by atoms with E-state index in [1.54, 1.807) is 0 Å². The summed E-state index contributed by atoms with van der Waals surface area (Å²) in [6.07, 6.45) is 0. The molecule has 0 spiro atoms. The first-order chi connectivity index (χ1) is 7.00. The summed E-state index contributed by atoms with van der Waals surface area (Å²) >= 11 is 6.34. The van der Waals surface area contributed by atoms with Crippen molar-refractivity contribution in [2.45, 2.75) is 0 Å². The zero-order chi connectivity index (χ0) is 11.4. The number of rotatable bonds is 4. The van der Waals surface area contributed by atoms with Crippen LogP contribution in [0.15, 0.2) is 17.0 Å². The van der Waals surface area contributed by atoms with E-state index in [-0.39, 0.29) is 22.3 Å². The fourth-order valence-electron chi connectivity index (χ4n) is 0.743. The summed E-state index contributed by atoms with van der Waals surface area (Å²) in [6, 6.07) is 0. The highest BCUT2D eigenvalue weighted by Crippen LogP contribution is 2.09. The summed E-state index contributed by atoms with van der Waals surface area (Å²) in [5.41, 5.74) is 0.0651. The van der Waals surface area contributed by atoms with Crippen molar-refractivity contribution < 1.29 is 14.7 Å². The van der Waals surface area contributed by atoms with Gasteiger partial charge in [0.15, 0.2) is 0 Å². The average molecular weight is 247 g/mol. The Morgan fingerprint density at radius 2 is 2.33 bits per heavy atom. The van der Waals surface area contributed by atoms with Crippen LogP contribution >= 0.6 is 22.9 Å². The van der Waals surface area contributed by atoms with Gasteiger partial charge in [0, 0.05) is 10.4 Å². The van der Waals surface area contributed by atoms with Crippen molar-refractivity contribution in [1.29, 1.82) is 0 Å². The smallest absolute Gasteiger partial charge is 0.365 e. The van der Waals surface area contributed by atoms with Gasteiger partial charge in [0.1, 0.15) is 5.69 Å². The van der Waals surface area contributed by atoms with Crippen LogP contribution < -0.4 is 5.32 Å². The molecule has 2 N–H and O–H groups in total. The van der Waals surface area contributed by atoms with Crippen LogP contribution in [0.2, 0.25) is 0 Å². The second kappa shape index (κ2) is 4.90. The number of carbonyl (C=O) groups excluding carboxylic acids is 1. The van der Waals surface area contributed by atoms with Gasteiger partial charge in [-0.1, -0.05) is 18.2 Å². The predicted octanol–water partition coefficient (Wildman–Crippen LogP) is 1.32. The molecule has 0 saturated carbocycles. The maximum atomic E-state index is 11.3. The number of hydrogen-bond acceptors (Lipinski definition) is 4. The molecule has 1 heterocycles. The Morgan fingerprint density at radius 3 is 2.80 bits per heavy atom. The number of carbonyl (C=O) groups is 2. The lowest BCUT2D eigenvalue weighted by atomic mass is 10.4. The first-order valence-corrected chi connectivity index (χ1v) is 5.06. The molecule has 0 fully saturated rings. The Morgan fingerprint density at radius 1 is 1.67 bits per heavy atom. The monoisotopic (exact) mass is 246 g/mol. The SMILES string of the molecule is C=C(Cl)CNC(=O)c1csc(C(=O)O)n1. The van der Waals surface area contributed by atoms with Gasteiger partial charge in [-0.2, -0.15) is 0 Å². The van der Waals surface area contributed by atoms with E-state index >= 15 is 0 Å². The second-order valence-electron chi connectivity index (χ2n) is 2.54. The molecule has 0 saturated heterocycles. The Bertz CT molecular complexity index is 416. The molecule has 5 nitrogen and oxygen atoms in total. The minimum Gasteiger partial charge on any atom is -0.476 e. The summed E-state index contributed by atoms with van der Waals surface area (Å²) in [5.74, 6) is -1.62. The molecule has 7 heteroatoms. The van der Waals surface area contributed by atoms with Gasteiger partial charge < -0.3 is 10.4 Å². The van der Waals surface area contributed by atoms with Gasteiger partial charge in [-0.05, 0) is 0 Å². The number of halogens is 1. The lowest BCUT2D eigenvalue weighted by molar-refractivity contribution is 0.0696. The number of carboxylic acids is 1. The third-order valence-corrected chi connectivity index (χ3v) is 2.32. The van der Waals surface area contributed by atoms with Crippen LogP contribution in [0.25, 0.3) is 0 Å². The number of aromatic carboxylic acids is 1. The molecule has 0 aromatic carbocycles. The molecule has 1 rings (SSSR count). The molecule has 0 aliphatic rings. The van der Waals surface area contributed by atoms with Crippen molar-refractivity contribution in [2.75, 3.05) is 6.54 Å². The number of nitrogens with one attached hydrogen (secondary N) is 1. The van der Waals surface area contributed by atoms with Crippen molar-refractivity contribution in [3.63, 3.8) is 0 Å². The minimum absolute atomic E-state index is 0.0651. The Kier molecular flexibility index (Phi) is 3.81. The van der Waals surface area contributed by atoms with E-state index in [0.717, 1.165) is 11.3 Å². The average Bonchev–Trinajstić information content (AvgIpc) is 2.62. The summed E-state index contributed by atoms with van der Waals surface area (Å²) < 4.78 is 0. The first kappa shape index (κ1) is 11.7. The molecule has 1 amide bonds. The van der Waals surface area contributed by atoms with Gasteiger partial charge in [-0.25, -0.2) is 9.78 Å². The molecule has 0 aliphatic carbocycles. The highest BCUT2D eigenvalue weighted by Gasteiger charge is 2.13. The topological polar surface area (TPSA) is 79.3 Å². The van der Waals surface area contributed by atoms with Crippen LogP contribution in [0.4, 0.5) is 0 Å². The molecule has 1 aromatic rings. The fourth-order valence-corrected chi connectivity index (χ4v) is 1.44. The first-order valence-electron chi connectivity index (χ1n) is 3.81. The Labute approximate surface area is 94.4 Å². The van der Waals surface area contributed by atoms with Gasteiger partial charge in [0.2, 0.25) is 5.01 Å². The Hall–Kier alpha value is -1.40. The van der Waals surface area contributed by atoms with Crippen LogP contribution in [0, 0.1) is 0 Å².